The number of aromatic nitrogens is 1. The number of carbonyl (C=O) groups is 1. The molecule has 0 spiro atoms. The highest BCUT2D eigenvalue weighted by atomic mass is 35.5. The van der Waals surface area contributed by atoms with E-state index in [2.05, 4.69) is 35.8 Å². The highest BCUT2D eigenvalue weighted by molar-refractivity contribution is 7.92. The summed E-state index contributed by atoms with van der Waals surface area (Å²) in [7, 11) is -3.84. The van der Waals surface area contributed by atoms with Crippen molar-refractivity contribution in [1.29, 1.82) is 0 Å². The van der Waals surface area contributed by atoms with Crippen LogP contribution in [0.1, 0.15) is 26.3 Å². The second-order valence-electron chi connectivity index (χ2n) is 10.4. The molecule has 0 fully saturated rings. The lowest BCUT2D eigenvalue weighted by Crippen LogP contribution is -2.17. The molecule has 0 aliphatic heterocycles. The number of amides is 1. The first-order valence-electron chi connectivity index (χ1n) is 12.6. The number of ether oxygens (including phenoxy) is 1. The van der Waals surface area contributed by atoms with E-state index in [1.54, 1.807) is 54.6 Å². The van der Waals surface area contributed by atoms with E-state index in [0.717, 1.165) is 11.1 Å². The number of fused-ring (bicyclic) bond motifs is 1. The van der Waals surface area contributed by atoms with Crippen molar-refractivity contribution in [2.75, 3.05) is 10.0 Å². The topological polar surface area (TPSA) is 100 Å². The van der Waals surface area contributed by atoms with Crippen LogP contribution in [0.4, 0.5) is 16.2 Å². The molecule has 1 aromatic heterocycles. The normalized spacial score (nSPS) is 11.8. The van der Waals surface area contributed by atoms with Gasteiger partial charge in [-0.05, 0) is 65.1 Å². The van der Waals surface area contributed by atoms with Crippen LogP contribution in [-0.4, -0.2) is 19.5 Å². The van der Waals surface area contributed by atoms with Gasteiger partial charge < -0.3 is 9.72 Å². The molecular formula is C31H28ClN3O4S. The Kier molecular flexibility index (Phi) is 7.31. The van der Waals surface area contributed by atoms with Gasteiger partial charge in [0.15, 0.2) is 0 Å². The summed E-state index contributed by atoms with van der Waals surface area (Å²) in [6, 6.07) is 28.1. The van der Waals surface area contributed by atoms with E-state index in [-0.39, 0.29) is 16.2 Å². The molecule has 0 saturated carbocycles. The number of hydrogen-bond acceptors (Lipinski definition) is 4. The zero-order valence-electron chi connectivity index (χ0n) is 22.2. The Morgan fingerprint density at radius 1 is 0.850 bits per heavy atom. The van der Waals surface area contributed by atoms with E-state index < -0.39 is 16.1 Å². The summed E-state index contributed by atoms with van der Waals surface area (Å²) in [4.78, 5) is 16.1. The van der Waals surface area contributed by atoms with Crippen molar-refractivity contribution in [2.24, 2.45) is 0 Å². The van der Waals surface area contributed by atoms with Crippen LogP contribution in [-0.2, 0) is 15.4 Å². The summed E-state index contributed by atoms with van der Waals surface area (Å²) in [5.74, 6) is 0.221. The SMILES string of the molecule is CC(C)(C)c1ccc(S(=O)(=O)Nc2ccc3[nH]c(OC(=O)Nc4cccc(Cl)c4)c(-c4ccccc4)c3c2)cc1. The van der Waals surface area contributed by atoms with Crippen molar-refractivity contribution in [3.8, 4) is 17.0 Å². The van der Waals surface area contributed by atoms with Crippen molar-refractivity contribution in [1.82, 2.24) is 4.98 Å². The minimum atomic E-state index is -3.84. The number of carbonyl (C=O) groups excluding carboxylic acids is 1. The quantitative estimate of drug-likeness (QED) is 0.190. The highest BCUT2D eigenvalue weighted by Gasteiger charge is 2.21. The van der Waals surface area contributed by atoms with Crippen LogP contribution in [0.3, 0.4) is 0 Å². The van der Waals surface area contributed by atoms with Crippen LogP contribution >= 0.6 is 11.6 Å². The summed E-state index contributed by atoms with van der Waals surface area (Å²) < 4.78 is 34.8. The summed E-state index contributed by atoms with van der Waals surface area (Å²) in [5, 5.41) is 3.83. The molecular weight excluding hydrogens is 546 g/mol. The van der Waals surface area contributed by atoms with Gasteiger partial charge in [0.25, 0.3) is 10.0 Å². The Bertz CT molecular complexity index is 1790. The number of rotatable bonds is 6. The molecule has 5 rings (SSSR count). The molecule has 40 heavy (non-hydrogen) atoms. The van der Waals surface area contributed by atoms with Crippen molar-refractivity contribution >= 4 is 50.0 Å². The third-order valence-corrected chi connectivity index (χ3v) is 8.01. The Morgan fingerprint density at radius 3 is 2.25 bits per heavy atom. The van der Waals surface area contributed by atoms with Crippen LogP contribution < -0.4 is 14.8 Å². The average molecular weight is 574 g/mol. The van der Waals surface area contributed by atoms with Gasteiger partial charge in [-0.3, -0.25) is 10.0 Å². The van der Waals surface area contributed by atoms with Gasteiger partial charge in [0.2, 0.25) is 5.88 Å². The smallest absolute Gasteiger partial charge is 0.392 e. The zero-order valence-corrected chi connectivity index (χ0v) is 23.7. The van der Waals surface area contributed by atoms with Crippen molar-refractivity contribution in [3.63, 3.8) is 0 Å². The molecule has 0 radical (unpaired) electrons. The van der Waals surface area contributed by atoms with Crippen molar-refractivity contribution in [3.05, 3.63) is 108 Å². The van der Waals surface area contributed by atoms with Crippen LogP contribution in [0.5, 0.6) is 5.88 Å². The lowest BCUT2D eigenvalue weighted by Gasteiger charge is -2.19. The first-order chi connectivity index (χ1) is 19.0. The van der Waals surface area contributed by atoms with Crippen molar-refractivity contribution in [2.45, 2.75) is 31.1 Å². The summed E-state index contributed by atoms with van der Waals surface area (Å²) in [6.07, 6.45) is -0.703. The molecule has 1 amide bonds. The second-order valence-corrected chi connectivity index (χ2v) is 12.5. The minimum Gasteiger partial charge on any atom is -0.392 e. The highest BCUT2D eigenvalue weighted by Crippen LogP contribution is 2.39. The minimum absolute atomic E-state index is 0.0896. The van der Waals surface area contributed by atoms with E-state index in [0.29, 0.717) is 32.9 Å². The maximum Gasteiger partial charge on any atom is 0.418 e. The van der Waals surface area contributed by atoms with Gasteiger partial charge in [0.1, 0.15) is 0 Å². The van der Waals surface area contributed by atoms with Gasteiger partial charge in [-0.1, -0.05) is 80.9 Å². The van der Waals surface area contributed by atoms with Gasteiger partial charge in [-0.25, -0.2) is 13.2 Å². The lowest BCUT2D eigenvalue weighted by atomic mass is 9.87. The van der Waals surface area contributed by atoms with E-state index in [4.69, 9.17) is 16.3 Å². The van der Waals surface area contributed by atoms with Gasteiger partial charge in [0, 0.05) is 27.3 Å². The van der Waals surface area contributed by atoms with Gasteiger partial charge in [-0.15, -0.1) is 0 Å². The van der Waals surface area contributed by atoms with E-state index in [1.165, 1.54) is 0 Å². The molecule has 1 heterocycles. The number of hydrogen-bond donors (Lipinski definition) is 3. The van der Waals surface area contributed by atoms with Gasteiger partial charge >= 0.3 is 6.09 Å². The van der Waals surface area contributed by atoms with Gasteiger partial charge in [0.05, 0.1) is 10.5 Å². The molecule has 0 saturated heterocycles. The molecule has 5 aromatic rings. The zero-order chi connectivity index (χ0) is 28.5. The van der Waals surface area contributed by atoms with Gasteiger partial charge in [-0.2, -0.15) is 0 Å². The fourth-order valence-electron chi connectivity index (χ4n) is 4.35. The fraction of sp³-hybridized carbons (Fsp3) is 0.129. The Hall–Kier alpha value is -4.27. The van der Waals surface area contributed by atoms with E-state index in [9.17, 15) is 13.2 Å². The number of H-pyrrole nitrogens is 1. The molecule has 7 nitrogen and oxygen atoms in total. The molecule has 0 unspecified atom stereocenters. The monoisotopic (exact) mass is 573 g/mol. The molecule has 204 valence electrons. The van der Waals surface area contributed by atoms with Crippen LogP contribution in [0, 0.1) is 0 Å². The van der Waals surface area contributed by atoms with Crippen LogP contribution in [0.2, 0.25) is 5.02 Å². The summed E-state index contributed by atoms with van der Waals surface area (Å²) in [6.45, 7) is 6.22. The van der Waals surface area contributed by atoms with Crippen LogP contribution in [0.15, 0.2) is 102 Å². The Balaban J connectivity index is 1.48. The Labute approximate surface area is 238 Å². The standard InChI is InChI=1S/C31H28ClN3O4S/c1-31(2,3)21-12-15-25(16-13-21)40(37,38)35-24-14-17-27-26(19-24)28(20-8-5-4-6-9-20)29(34-27)39-30(36)33-23-11-7-10-22(32)18-23/h4-19,34-35H,1-3H3,(H,33,36). The van der Waals surface area contributed by atoms with Crippen molar-refractivity contribution < 1.29 is 17.9 Å². The van der Waals surface area contributed by atoms with E-state index in [1.807, 2.05) is 42.5 Å². The fourth-order valence-corrected chi connectivity index (χ4v) is 5.59. The first kappa shape index (κ1) is 27.3. The summed E-state index contributed by atoms with van der Waals surface area (Å²) in [5.41, 5.74) is 3.89. The number of nitrogens with one attached hydrogen (secondary N) is 3. The number of halogens is 1. The Morgan fingerprint density at radius 2 is 1.57 bits per heavy atom. The molecule has 4 aromatic carbocycles. The molecule has 0 aliphatic carbocycles. The lowest BCUT2D eigenvalue weighted by molar-refractivity contribution is 0.214. The predicted molar refractivity (Wildman–Crippen MR) is 161 cm³/mol. The molecule has 3 N–H and O–H groups in total. The maximum atomic E-state index is 13.2. The number of sulfonamides is 1. The molecule has 0 atom stereocenters. The number of aromatic amines is 1. The molecule has 9 heteroatoms. The third-order valence-electron chi connectivity index (χ3n) is 6.38. The van der Waals surface area contributed by atoms with Crippen LogP contribution in [0.25, 0.3) is 22.0 Å². The molecule has 0 bridgehead atoms. The second kappa shape index (κ2) is 10.7. The van der Waals surface area contributed by atoms with E-state index >= 15 is 0 Å². The average Bonchev–Trinajstić information content (AvgIpc) is 3.25. The molecule has 0 aliphatic rings. The number of anilines is 2. The third kappa shape index (κ3) is 5.98. The first-order valence-corrected chi connectivity index (χ1v) is 14.4. The summed E-state index contributed by atoms with van der Waals surface area (Å²) >= 11 is 6.02. The number of benzene rings is 4. The largest absolute Gasteiger partial charge is 0.418 e. The maximum absolute atomic E-state index is 13.2. The predicted octanol–water partition coefficient (Wildman–Crippen LogP) is 8.20.